The zero-order valence-electron chi connectivity index (χ0n) is 16.7. The van der Waals surface area contributed by atoms with Gasteiger partial charge in [0.05, 0.1) is 16.2 Å². The molecule has 0 N–H and O–H groups in total. The van der Waals surface area contributed by atoms with Crippen LogP contribution in [-0.4, -0.2) is 65.8 Å². The standard InChI is InChI=1S/C22H24N4O4/c27-21(17-6-2-1-3-7-17)24-12-14-25(15-13-24)22(28)19-16-18(26(29)30)8-9-20(19)23-10-4-5-11-23/h1-3,6-9,16H,4-5,10-15H2. The predicted octanol–water partition coefficient (Wildman–Crippen LogP) is 2.79. The Balaban J connectivity index is 1.50. The smallest absolute Gasteiger partial charge is 0.270 e. The Labute approximate surface area is 174 Å². The maximum absolute atomic E-state index is 13.3. The van der Waals surface area contributed by atoms with Crippen LogP contribution in [0.25, 0.3) is 0 Å². The molecule has 2 aliphatic rings. The SMILES string of the molecule is O=C(c1ccccc1)N1CCN(C(=O)c2cc([N+](=O)[O-])ccc2N2CCCC2)CC1. The number of piperazine rings is 1. The number of carbonyl (C=O) groups is 2. The van der Waals surface area contributed by atoms with Gasteiger partial charge >= 0.3 is 0 Å². The molecule has 0 aliphatic carbocycles. The number of amides is 2. The second-order valence-electron chi connectivity index (χ2n) is 7.60. The van der Waals surface area contributed by atoms with Crippen LogP contribution in [0, 0.1) is 10.1 Å². The summed E-state index contributed by atoms with van der Waals surface area (Å²) in [5.74, 6) is -0.261. The molecule has 2 amide bonds. The third-order valence-corrected chi connectivity index (χ3v) is 5.74. The van der Waals surface area contributed by atoms with Crippen molar-refractivity contribution in [3.63, 3.8) is 0 Å². The number of rotatable bonds is 4. The van der Waals surface area contributed by atoms with Gasteiger partial charge in [0.25, 0.3) is 17.5 Å². The van der Waals surface area contributed by atoms with Crippen LogP contribution in [-0.2, 0) is 0 Å². The molecule has 2 saturated heterocycles. The van der Waals surface area contributed by atoms with Gasteiger partial charge in [-0.2, -0.15) is 0 Å². The second-order valence-corrected chi connectivity index (χ2v) is 7.60. The normalized spacial score (nSPS) is 16.6. The van der Waals surface area contributed by atoms with E-state index in [0.29, 0.717) is 37.3 Å². The minimum atomic E-state index is -0.471. The van der Waals surface area contributed by atoms with Crippen molar-refractivity contribution < 1.29 is 14.5 Å². The molecule has 0 spiro atoms. The largest absolute Gasteiger partial charge is 0.371 e. The van der Waals surface area contributed by atoms with Gasteiger partial charge in [0.2, 0.25) is 0 Å². The van der Waals surface area contributed by atoms with Crippen molar-refractivity contribution in [1.82, 2.24) is 9.80 Å². The van der Waals surface area contributed by atoms with Crippen molar-refractivity contribution in [2.75, 3.05) is 44.2 Å². The van der Waals surface area contributed by atoms with E-state index in [0.717, 1.165) is 31.6 Å². The number of benzene rings is 2. The second kappa shape index (κ2) is 8.52. The van der Waals surface area contributed by atoms with Crippen LogP contribution in [0.15, 0.2) is 48.5 Å². The predicted molar refractivity (Wildman–Crippen MR) is 113 cm³/mol. The number of non-ortho nitro benzene ring substituents is 1. The maximum atomic E-state index is 13.3. The van der Waals surface area contributed by atoms with Crippen molar-refractivity contribution in [3.8, 4) is 0 Å². The van der Waals surface area contributed by atoms with Crippen molar-refractivity contribution in [3.05, 3.63) is 69.8 Å². The van der Waals surface area contributed by atoms with E-state index in [1.54, 1.807) is 28.0 Å². The van der Waals surface area contributed by atoms with Crippen LogP contribution in [0.4, 0.5) is 11.4 Å². The Morgan fingerprint density at radius 2 is 1.40 bits per heavy atom. The molecular formula is C22H24N4O4. The summed E-state index contributed by atoms with van der Waals surface area (Å²) in [7, 11) is 0. The number of nitro groups is 1. The fourth-order valence-corrected chi connectivity index (χ4v) is 4.09. The van der Waals surface area contributed by atoms with Crippen LogP contribution in [0.1, 0.15) is 33.6 Å². The molecule has 0 unspecified atom stereocenters. The summed E-state index contributed by atoms with van der Waals surface area (Å²) < 4.78 is 0. The first-order valence-corrected chi connectivity index (χ1v) is 10.2. The maximum Gasteiger partial charge on any atom is 0.270 e. The van der Waals surface area contributed by atoms with E-state index in [1.165, 1.54) is 12.1 Å². The number of carbonyl (C=O) groups excluding carboxylic acids is 2. The summed E-state index contributed by atoms with van der Waals surface area (Å²) in [5.41, 5.74) is 1.67. The van der Waals surface area contributed by atoms with E-state index < -0.39 is 4.92 Å². The van der Waals surface area contributed by atoms with Crippen molar-refractivity contribution in [2.24, 2.45) is 0 Å². The van der Waals surface area contributed by atoms with E-state index in [-0.39, 0.29) is 17.5 Å². The lowest BCUT2D eigenvalue weighted by molar-refractivity contribution is -0.384. The van der Waals surface area contributed by atoms with Gasteiger partial charge in [-0.15, -0.1) is 0 Å². The minimum Gasteiger partial charge on any atom is -0.371 e. The zero-order chi connectivity index (χ0) is 21.1. The van der Waals surface area contributed by atoms with Gasteiger partial charge in [-0.25, -0.2) is 0 Å². The molecule has 2 aromatic rings. The monoisotopic (exact) mass is 408 g/mol. The van der Waals surface area contributed by atoms with E-state index in [4.69, 9.17) is 0 Å². The Morgan fingerprint density at radius 3 is 2.00 bits per heavy atom. The number of nitro benzene ring substituents is 1. The van der Waals surface area contributed by atoms with Gasteiger partial charge in [-0.05, 0) is 31.0 Å². The van der Waals surface area contributed by atoms with Crippen LogP contribution >= 0.6 is 0 Å². The molecule has 0 radical (unpaired) electrons. The zero-order valence-corrected chi connectivity index (χ0v) is 16.7. The van der Waals surface area contributed by atoms with Crippen LogP contribution < -0.4 is 4.90 Å². The topological polar surface area (TPSA) is 87.0 Å². The number of hydrogen-bond donors (Lipinski definition) is 0. The van der Waals surface area contributed by atoms with E-state index in [1.807, 2.05) is 18.2 Å². The Morgan fingerprint density at radius 1 is 0.800 bits per heavy atom. The van der Waals surface area contributed by atoms with E-state index in [9.17, 15) is 19.7 Å². The first kappa shape index (κ1) is 19.9. The lowest BCUT2D eigenvalue weighted by Crippen LogP contribution is -2.50. The number of hydrogen-bond acceptors (Lipinski definition) is 5. The molecule has 0 atom stereocenters. The van der Waals surface area contributed by atoms with E-state index in [2.05, 4.69) is 4.90 Å². The average molecular weight is 408 g/mol. The third-order valence-electron chi connectivity index (χ3n) is 5.74. The molecule has 156 valence electrons. The average Bonchev–Trinajstić information content (AvgIpc) is 3.33. The van der Waals surface area contributed by atoms with Crippen molar-refractivity contribution >= 4 is 23.2 Å². The lowest BCUT2D eigenvalue weighted by Gasteiger charge is -2.35. The van der Waals surface area contributed by atoms with E-state index >= 15 is 0 Å². The van der Waals surface area contributed by atoms with Crippen LogP contribution in [0.3, 0.4) is 0 Å². The highest BCUT2D eigenvalue weighted by atomic mass is 16.6. The molecule has 30 heavy (non-hydrogen) atoms. The minimum absolute atomic E-state index is 0.0456. The summed E-state index contributed by atoms with van der Waals surface area (Å²) in [5, 5.41) is 11.3. The molecule has 4 rings (SSSR count). The molecule has 2 fully saturated rings. The lowest BCUT2D eigenvalue weighted by atomic mass is 10.1. The van der Waals surface area contributed by atoms with Gasteiger partial charge in [-0.3, -0.25) is 19.7 Å². The highest BCUT2D eigenvalue weighted by molar-refractivity contribution is 6.01. The summed E-state index contributed by atoms with van der Waals surface area (Å²) in [6.07, 6.45) is 2.09. The fraction of sp³-hybridized carbons (Fsp3) is 0.364. The number of nitrogens with zero attached hydrogens (tertiary/aromatic N) is 4. The highest BCUT2D eigenvalue weighted by Gasteiger charge is 2.29. The van der Waals surface area contributed by atoms with Crippen molar-refractivity contribution in [2.45, 2.75) is 12.8 Å². The van der Waals surface area contributed by atoms with Gasteiger partial charge in [0.15, 0.2) is 0 Å². The molecule has 2 aromatic carbocycles. The summed E-state index contributed by atoms with van der Waals surface area (Å²) in [6.45, 7) is 3.37. The van der Waals surface area contributed by atoms with Crippen molar-refractivity contribution in [1.29, 1.82) is 0 Å². The molecule has 0 bridgehead atoms. The Kier molecular flexibility index (Phi) is 5.65. The Bertz CT molecular complexity index is 949. The summed E-state index contributed by atoms with van der Waals surface area (Å²) >= 11 is 0. The van der Waals surface area contributed by atoms with Gasteiger partial charge in [0.1, 0.15) is 0 Å². The molecule has 8 nitrogen and oxygen atoms in total. The summed E-state index contributed by atoms with van der Waals surface area (Å²) in [4.78, 5) is 42.2. The molecule has 0 saturated carbocycles. The first-order valence-electron chi connectivity index (χ1n) is 10.2. The molecule has 2 heterocycles. The molecule has 8 heteroatoms. The number of anilines is 1. The molecule has 2 aliphatic heterocycles. The Hall–Kier alpha value is -3.42. The fourth-order valence-electron chi connectivity index (χ4n) is 4.09. The summed E-state index contributed by atoms with van der Waals surface area (Å²) in [6, 6.07) is 13.6. The molecular weight excluding hydrogens is 384 g/mol. The van der Waals surface area contributed by atoms with Gasteiger partial charge in [0, 0.05) is 57.0 Å². The quantitative estimate of drug-likeness (QED) is 0.574. The highest BCUT2D eigenvalue weighted by Crippen LogP contribution is 2.29. The van der Waals surface area contributed by atoms with Crippen LogP contribution in [0.2, 0.25) is 0 Å². The van der Waals surface area contributed by atoms with Gasteiger partial charge < -0.3 is 14.7 Å². The van der Waals surface area contributed by atoms with Gasteiger partial charge in [-0.1, -0.05) is 18.2 Å². The first-order chi connectivity index (χ1) is 14.5. The van der Waals surface area contributed by atoms with Crippen LogP contribution in [0.5, 0.6) is 0 Å². The molecule has 0 aromatic heterocycles. The third kappa shape index (κ3) is 3.98.